The van der Waals surface area contributed by atoms with E-state index in [9.17, 15) is 0 Å². The second kappa shape index (κ2) is 13.9. The predicted octanol–water partition coefficient (Wildman–Crippen LogP) is 13.7. The summed E-state index contributed by atoms with van der Waals surface area (Å²) in [6, 6.07) is 62.7. The number of hydrogen-bond donors (Lipinski definition) is 0. The number of fused-ring (bicyclic) bond motifs is 5. The fourth-order valence-corrected chi connectivity index (χ4v) is 8.92. The van der Waals surface area contributed by atoms with Crippen molar-refractivity contribution in [1.82, 2.24) is 4.57 Å². The van der Waals surface area contributed by atoms with Crippen LogP contribution in [0.15, 0.2) is 210 Å². The maximum absolute atomic E-state index is 5.41. The summed E-state index contributed by atoms with van der Waals surface area (Å²) in [5, 5.41) is 2.47. The molecule has 7 aromatic carbocycles. The van der Waals surface area contributed by atoms with Crippen molar-refractivity contribution in [3.8, 4) is 16.8 Å². The number of aromatic nitrogens is 1. The first kappa shape index (κ1) is 34.4. The molecular formula is C54H41N3. The van der Waals surface area contributed by atoms with Crippen molar-refractivity contribution in [3.63, 3.8) is 0 Å². The number of hydrogen-bond acceptors (Lipinski definition) is 2. The lowest BCUT2D eigenvalue weighted by Crippen LogP contribution is -2.27. The zero-order chi connectivity index (χ0) is 38.5. The van der Waals surface area contributed by atoms with E-state index in [1.807, 2.05) is 6.08 Å². The van der Waals surface area contributed by atoms with E-state index in [1.54, 1.807) is 0 Å². The highest BCUT2D eigenvalue weighted by atomic mass is 15.0. The van der Waals surface area contributed by atoms with Crippen molar-refractivity contribution in [2.45, 2.75) is 25.7 Å². The summed E-state index contributed by atoms with van der Waals surface area (Å²) < 4.78 is 2.46. The Labute approximate surface area is 334 Å². The van der Waals surface area contributed by atoms with Crippen LogP contribution < -0.4 is 0 Å². The van der Waals surface area contributed by atoms with Crippen LogP contribution in [0.3, 0.4) is 0 Å². The molecule has 0 aliphatic carbocycles. The SMILES string of the molecule is C=CC1=C(c2ccccc2)CC=C(c2ccccc2)N=C1c1cccc(-c2cccc(-n3c4ccccc4c4ccc5c(c43)C(C)(C)C(c3ccccc3)=N5)c2)c1. The van der Waals surface area contributed by atoms with E-state index in [2.05, 4.69) is 207 Å². The summed E-state index contributed by atoms with van der Waals surface area (Å²) in [4.78, 5) is 10.7. The Morgan fingerprint density at radius 3 is 1.91 bits per heavy atom. The second-order valence-electron chi connectivity index (χ2n) is 15.4. The molecule has 1 aromatic heterocycles. The summed E-state index contributed by atoms with van der Waals surface area (Å²) in [5.41, 5.74) is 17.5. The zero-order valence-electron chi connectivity index (χ0n) is 32.2. The summed E-state index contributed by atoms with van der Waals surface area (Å²) in [7, 11) is 0. The van der Waals surface area contributed by atoms with Crippen molar-refractivity contribution in [3.05, 3.63) is 228 Å². The van der Waals surface area contributed by atoms with Gasteiger partial charge in [0.15, 0.2) is 0 Å². The largest absolute Gasteiger partial charge is 0.309 e. The fourth-order valence-electron chi connectivity index (χ4n) is 8.92. The Morgan fingerprint density at radius 1 is 0.561 bits per heavy atom. The molecule has 0 bridgehead atoms. The molecule has 0 radical (unpaired) electrons. The standard InChI is InChI=1S/C54H41N3/c1-4-43-44(36-18-8-5-9-19-36)30-32-47(37-20-10-6-11-21-37)55-51(43)41-26-16-24-39(34-41)40-25-17-27-42(35-40)57-49-29-15-14-28-45(49)46-31-33-48-50(52(46)57)54(2,3)53(56-48)38-22-12-7-13-23-38/h4-29,31-35H,1,30H2,2-3H3. The first-order chi connectivity index (χ1) is 28.0. The van der Waals surface area contributed by atoms with Crippen LogP contribution in [0.25, 0.3) is 49.9 Å². The number of rotatable bonds is 7. The molecule has 8 aromatic rings. The van der Waals surface area contributed by atoms with Gasteiger partial charge in [-0.2, -0.15) is 0 Å². The van der Waals surface area contributed by atoms with Gasteiger partial charge in [0.1, 0.15) is 0 Å². The monoisotopic (exact) mass is 731 g/mol. The average molecular weight is 732 g/mol. The molecule has 0 amide bonds. The van der Waals surface area contributed by atoms with Crippen LogP contribution in [0.1, 0.15) is 48.1 Å². The molecule has 0 fully saturated rings. The lowest BCUT2D eigenvalue weighted by molar-refractivity contribution is 0.741. The molecule has 3 heteroatoms. The number of nitrogens with zero attached hydrogens (tertiary/aromatic N) is 3. The van der Waals surface area contributed by atoms with Gasteiger partial charge in [0.2, 0.25) is 0 Å². The number of para-hydroxylation sites is 1. The van der Waals surface area contributed by atoms with Gasteiger partial charge in [-0.05, 0) is 84.0 Å². The summed E-state index contributed by atoms with van der Waals surface area (Å²) in [6.45, 7) is 8.96. The van der Waals surface area contributed by atoms with E-state index in [0.717, 1.165) is 68.3 Å². The molecule has 0 unspecified atom stereocenters. The van der Waals surface area contributed by atoms with Crippen LogP contribution in [0.4, 0.5) is 5.69 Å². The van der Waals surface area contributed by atoms with E-state index in [4.69, 9.17) is 9.98 Å². The van der Waals surface area contributed by atoms with Crippen molar-refractivity contribution in [2.75, 3.05) is 0 Å². The molecule has 0 spiro atoms. The second-order valence-corrected chi connectivity index (χ2v) is 15.4. The van der Waals surface area contributed by atoms with Crippen LogP contribution in [-0.4, -0.2) is 16.0 Å². The van der Waals surface area contributed by atoms with Crippen molar-refractivity contribution >= 4 is 50.2 Å². The summed E-state index contributed by atoms with van der Waals surface area (Å²) in [5.74, 6) is 0. The predicted molar refractivity (Wildman–Crippen MR) is 241 cm³/mol. The Morgan fingerprint density at radius 2 is 1.18 bits per heavy atom. The molecular weight excluding hydrogens is 691 g/mol. The third kappa shape index (κ3) is 5.82. The van der Waals surface area contributed by atoms with Crippen molar-refractivity contribution < 1.29 is 0 Å². The molecule has 3 nitrogen and oxygen atoms in total. The number of aliphatic imine (C=N–C) groups is 2. The average Bonchev–Trinajstić information content (AvgIpc) is 3.65. The highest BCUT2D eigenvalue weighted by Crippen LogP contribution is 2.49. The molecule has 0 atom stereocenters. The van der Waals surface area contributed by atoms with E-state index >= 15 is 0 Å². The molecule has 57 heavy (non-hydrogen) atoms. The van der Waals surface area contributed by atoms with Gasteiger partial charge in [-0.25, -0.2) is 4.99 Å². The van der Waals surface area contributed by atoms with Gasteiger partial charge < -0.3 is 4.57 Å². The lowest BCUT2D eigenvalue weighted by atomic mass is 9.78. The maximum Gasteiger partial charge on any atom is 0.0784 e. The van der Waals surface area contributed by atoms with Crippen LogP contribution in [0.5, 0.6) is 0 Å². The van der Waals surface area contributed by atoms with E-state index in [-0.39, 0.29) is 5.41 Å². The van der Waals surface area contributed by atoms with E-state index < -0.39 is 0 Å². The lowest BCUT2D eigenvalue weighted by Gasteiger charge is -2.24. The van der Waals surface area contributed by atoms with E-state index in [0.29, 0.717) is 0 Å². The molecule has 0 N–H and O–H groups in total. The molecule has 10 rings (SSSR count). The highest BCUT2D eigenvalue weighted by Gasteiger charge is 2.39. The van der Waals surface area contributed by atoms with Crippen molar-refractivity contribution in [1.29, 1.82) is 0 Å². The minimum absolute atomic E-state index is 0.310. The van der Waals surface area contributed by atoms with Gasteiger partial charge in [-0.15, -0.1) is 0 Å². The van der Waals surface area contributed by atoms with Gasteiger partial charge in [0.05, 0.1) is 33.8 Å². The molecule has 2 aliphatic rings. The molecule has 0 saturated carbocycles. The normalized spacial score (nSPS) is 14.9. The Bertz CT molecular complexity index is 2990. The molecule has 0 saturated heterocycles. The van der Waals surface area contributed by atoms with Gasteiger partial charge >= 0.3 is 0 Å². The quantitative estimate of drug-likeness (QED) is 0.156. The van der Waals surface area contributed by atoms with Crippen LogP contribution in [-0.2, 0) is 5.41 Å². The van der Waals surface area contributed by atoms with Crippen LogP contribution in [0, 0.1) is 0 Å². The minimum atomic E-state index is -0.310. The van der Waals surface area contributed by atoms with Crippen molar-refractivity contribution in [2.24, 2.45) is 9.98 Å². The van der Waals surface area contributed by atoms with Gasteiger partial charge in [0.25, 0.3) is 0 Å². The van der Waals surface area contributed by atoms with Gasteiger partial charge in [-0.3, -0.25) is 4.99 Å². The highest BCUT2D eigenvalue weighted by molar-refractivity contribution is 6.21. The Kier molecular flexibility index (Phi) is 8.38. The number of allylic oxidation sites excluding steroid dienone is 4. The van der Waals surface area contributed by atoms with Crippen LogP contribution in [0.2, 0.25) is 0 Å². The van der Waals surface area contributed by atoms with Crippen LogP contribution >= 0.6 is 0 Å². The number of benzene rings is 7. The molecule has 272 valence electrons. The minimum Gasteiger partial charge on any atom is -0.309 e. The summed E-state index contributed by atoms with van der Waals surface area (Å²) in [6.07, 6.45) is 4.98. The van der Waals surface area contributed by atoms with E-state index in [1.165, 1.54) is 38.5 Å². The Hall–Kier alpha value is -7.10. The zero-order valence-corrected chi connectivity index (χ0v) is 32.2. The molecule has 2 aliphatic heterocycles. The van der Waals surface area contributed by atoms with Gasteiger partial charge in [0, 0.05) is 38.6 Å². The fraction of sp³-hybridized carbons (Fsp3) is 0.0741. The first-order valence-electron chi connectivity index (χ1n) is 19.7. The molecule has 3 heterocycles. The third-order valence-electron chi connectivity index (χ3n) is 11.6. The summed E-state index contributed by atoms with van der Waals surface area (Å²) >= 11 is 0. The smallest absolute Gasteiger partial charge is 0.0784 e. The maximum atomic E-state index is 5.41. The first-order valence-corrected chi connectivity index (χ1v) is 19.7. The topological polar surface area (TPSA) is 29.6 Å². The third-order valence-corrected chi connectivity index (χ3v) is 11.6. The van der Waals surface area contributed by atoms with Gasteiger partial charge in [-0.1, -0.05) is 164 Å². The Balaban J connectivity index is 1.13.